The first-order valence-corrected chi connectivity index (χ1v) is 5.11. The molecule has 3 heteroatoms. The van der Waals surface area contributed by atoms with Gasteiger partial charge in [-0.25, -0.2) is 0 Å². The van der Waals surface area contributed by atoms with Gasteiger partial charge in [0.15, 0.2) is 0 Å². The number of rotatable bonds is 1. The average molecular weight is 193 g/mol. The molecule has 0 aromatic carbocycles. The van der Waals surface area contributed by atoms with Crippen LogP contribution in [0.15, 0.2) is 0 Å². The Balaban J connectivity index is 0. The number of aliphatic hydroxyl groups excluding tert-OH is 1. The molecule has 0 saturated carbocycles. The summed E-state index contributed by atoms with van der Waals surface area (Å²) in [6.45, 7) is 9.28. The fourth-order valence-corrected chi connectivity index (χ4v) is 1.32. The maximum atomic E-state index is 9.50. The monoisotopic (exact) mass is 193 g/mol. The van der Waals surface area contributed by atoms with Crippen molar-refractivity contribution in [3.63, 3.8) is 0 Å². The third-order valence-corrected chi connectivity index (χ3v) is 1.93. The van der Waals surface area contributed by atoms with Crippen molar-refractivity contribution in [1.29, 1.82) is 0 Å². The first-order chi connectivity index (χ1) is 6.33. The van der Waals surface area contributed by atoms with Crippen molar-refractivity contribution in [3.8, 4) is 0 Å². The molecule has 0 bridgehead atoms. The first-order valence-electron chi connectivity index (χ1n) is 5.11. The average Bonchev–Trinajstić information content (AvgIpc) is 2.24. The quantitative estimate of drug-likeness (QED) is 0.689. The van der Waals surface area contributed by atoms with Gasteiger partial charge in [0.05, 0.1) is 13.3 Å². The van der Waals surface area contributed by atoms with Crippen LogP contribution in [-0.2, 0) is 0 Å². The summed E-state index contributed by atoms with van der Waals surface area (Å²) in [5.41, 5.74) is 0. The lowest BCUT2D eigenvalue weighted by Gasteiger charge is -2.28. The Morgan fingerprint density at radius 1 is 1.38 bits per heavy atom. The Kier molecular flexibility index (Phi) is 14.0. The van der Waals surface area contributed by atoms with E-state index in [0.29, 0.717) is 7.18 Å². The molecule has 2 nitrogen and oxygen atoms in total. The van der Waals surface area contributed by atoms with E-state index in [2.05, 4.69) is 11.8 Å². The molecule has 1 aliphatic heterocycles. The van der Waals surface area contributed by atoms with Gasteiger partial charge < -0.3 is 10.0 Å². The van der Waals surface area contributed by atoms with Gasteiger partial charge in [0.1, 0.15) is 0 Å². The maximum Gasteiger partial charge on any atom is 0.0785 e. The van der Waals surface area contributed by atoms with Crippen molar-refractivity contribution < 1.29 is 9.50 Å². The highest BCUT2D eigenvalue weighted by molar-refractivity contribution is 4.69. The minimum Gasteiger partial charge on any atom is -0.392 e. The molecule has 1 N–H and O–H groups in total. The minimum atomic E-state index is -0.0568. The molecule has 0 aliphatic carbocycles. The molecule has 1 rings (SSSR count). The van der Waals surface area contributed by atoms with Gasteiger partial charge in [0.25, 0.3) is 0 Å². The van der Waals surface area contributed by atoms with Gasteiger partial charge in [-0.3, -0.25) is 4.39 Å². The normalized spacial score (nSPS) is 22.2. The third-order valence-electron chi connectivity index (χ3n) is 1.93. The van der Waals surface area contributed by atoms with Crippen LogP contribution in [0, 0.1) is 0 Å². The summed E-state index contributed by atoms with van der Waals surface area (Å²) < 4.78 is 9.50. The second-order valence-corrected chi connectivity index (χ2v) is 2.69. The number of halogens is 1. The Morgan fingerprint density at radius 3 is 2.23 bits per heavy atom. The highest BCUT2D eigenvalue weighted by atomic mass is 19.1. The molecule has 1 fully saturated rings. The third kappa shape index (κ3) is 8.19. The van der Waals surface area contributed by atoms with Crippen molar-refractivity contribution in [1.82, 2.24) is 4.90 Å². The highest BCUT2D eigenvalue weighted by Crippen LogP contribution is 2.08. The number of aliphatic hydroxyl groups is 1. The lowest BCUT2D eigenvalue weighted by molar-refractivity contribution is 0.0737. The van der Waals surface area contributed by atoms with Crippen molar-refractivity contribution in [2.24, 2.45) is 0 Å². The molecule has 1 unspecified atom stereocenters. The molecule has 0 radical (unpaired) electrons. The van der Waals surface area contributed by atoms with E-state index in [1.54, 1.807) is 0 Å². The fourth-order valence-electron chi connectivity index (χ4n) is 1.32. The van der Waals surface area contributed by atoms with E-state index < -0.39 is 0 Å². The van der Waals surface area contributed by atoms with Crippen LogP contribution in [0.5, 0.6) is 0 Å². The Bertz CT molecular complexity index is 91.0. The number of β-amino-alcohol motifs (C(OH)–C–C–N with tert-alkyl or cyclic N) is 1. The summed E-state index contributed by atoms with van der Waals surface area (Å²) >= 11 is 0. The van der Waals surface area contributed by atoms with Gasteiger partial charge in [0.2, 0.25) is 0 Å². The number of alkyl halides is 1. The number of nitrogens with zero attached hydrogens (tertiary/aromatic N) is 1. The summed E-state index contributed by atoms with van der Waals surface area (Å²) in [4.78, 5) is 2.29. The summed E-state index contributed by atoms with van der Waals surface area (Å²) in [6.07, 6.45) is 2.10. The summed E-state index contributed by atoms with van der Waals surface area (Å²) in [5.74, 6) is 0. The molecule has 0 aromatic heterocycles. The molecule has 1 aliphatic rings. The highest BCUT2D eigenvalue weighted by Gasteiger charge is 2.14. The standard InChI is InChI=1S/C7H15NO.C2H6.CH3F/c1-2-8-5-3-4-7(9)6-8;2*1-2/h7,9H,2-6H2,1H3;1-2H3;1H3. The zero-order chi connectivity index (χ0) is 10.7. The zero-order valence-corrected chi connectivity index (χ0v) is 9.39. The SMILES string of the molecule is CC.CCN1CCCC(O)C1.CF. The van der Waals surface area contributed by atoms with E-state index >= 15 is 0 Å². The van der Waals surface area contributed by atoms with Gasteiger partial charge in [0, 0.05) is 6.54 Å². The van der Waals surface area contributed by atoms with Crippen molar-refractivity contribution in [2.75, 3.05) is 26.8 Å². The van der Waals surface area contributed by atoms with Crippen LogP contribution in [0.2, 0.25) is 0 Å². The largest absolute Gasteiger partial charge is 0.392 e. The van der Waals surface area contributed by atoms with Crippen LogP contribution in [-0.4, -0.2) is 42.9 Å². The minimum absolute atomic E-state index is 0.0568. The van der Waals surface area contributed by atoms with Crippen LogP contribution < -0.4 is 0 Å². The summed E-state index contributed by atoms with van der Waals surface area (Å²) in [6, 6.07) is 0. The lowest BCUT2D eigenvalue weighted by atomic mass is 10.1. The second kappa shape index (κ2) is 11.8. The van der Waals surface area contributed by atoms with Gasteiger partial charge in [-0.05, 0) is 25.9 Å². The van der Waals surface area contributed by atoms with Gasteiger partial charge >= 0.3 is 0 Å². The van der Waals surface area contributed by atoms with Gasteiger partial charge in [-0.1, -0.05) is 20.8 Å². The van der Waals surface area contributed by atoms with E-state index in [1.807, 2.05) is 13.8 Å². The molecule has 1 saturated heterocycles. The van der Waals surface area contributed by atoms with Crippen molar-refractivity contribution >= 4 is 0 Å². The number of likely N-dealkylation sites (N-methyl/N-ethyl adjacent to an activating group) is 1. The molecular formula is C10H24FNO. The van der Waals surface area contributed by atoms with Crippen LogP contribution in [0.4, 0.5) is 4.39 Å². The Morgan fingerprint density at radius 2 is 1.92 bits per heavy atom. The van der Waals surface area contributed by atoms with E-state index in [9.17, 15) is 4.39 Å². The number of piperidine rings is 1. The maximum absolute atomic E-state index is 9.50. The molecule has 13 heavy (non-hydrogen) atoms. The van der Waals surface area contributed by atoms with Crippen molar-refractivity contribution in [3.05, 3.63) is 0 Å². The zero-order valence-electron chi connectivity index (χ0n) is 9.39. The number of hydrogen-bond donors (Lipinski definition) is 1. The molecule has 0 spiro atoms. The van der Waals surface area contributed by atoms with Crippen LogP contribution in [0.3, 0.4) is 0 Å². The molecular weight excluding hydrogens is 169 g/mol. The lowest BCUT2D eigenvalue weighted by Crippen LogP contribution is -2.37. The van der Waals surface area contributed by atoms with Crippen LogP contribution in [0.1, 0.15) is 33.6 Å². The molecule has 1 atom stereocenters. The number of likely N-dealkylation sites (tertiary alicyclic amines) is 1. The van der Waals surface area contributed by atoms with Gasteiger partial charge in [-0.2, -0.15) is 0 Å². The molecule has 0 aromatic rings. The van der Waals surface area contributed by atoms with Crippen LogP contribution >= 0.6 is 0 Å². The molecule has 1 heterocycles. The smallest absolute Gasteiger partial charge is 0.0785 e. The predicted molar refractivity (Wildman–Crippen MR) is 55.7 cm³/mol. The Labute approximate surface area is 81.7 Å². The topological polar surface area (TPSA) is 23.5 Å². The van der Waals surface area contributed by atoms with Crippen LogP contribution in [0.25, 0.3) is 0 Å². The summed E-state index contributed by atoms with van der Waals surface area (Å²) in [5, 5.41) is 9.17. The van der Waals surface area contributed by atoms with E-state index in [4.69, 9.17) is 5.11 Å². The van der Waals surface area contributed by atoms with E-state index in [-0.39, 0.29) is 6.10 Å². The first kappa shape index (κ1) is 15.3. The molecule has 0 amide bonds. The predicted octanol–water partition coefficient (Wildman–Crippen LogP) is 2.07. The van der Waals surface area contributed by atoms with E-state index in [1.165, 1.54) is 6.54 Å². The van der Waals surface area contributed by atoms with Gasteiger partial charge in [-0.15, -0.1) is 0 Å². The van der Waals surface area contributed by atoms with E-state index in [0.717, 1.165) is 25.9 Å². The summed E-state index contributed by atoms with van der Waals surface area (Å²) in [7, 11) is 0.500. The number of hydrogen-bond acceptors (Lipinski definition) is 2. The van der Waals surface area contributed by atoms with Crippen molar-refractivity contribution in [2.45, 2.75) is 39.7 Å². The second-order valence-electron chi connectivity index (χ2n) is 2.69. The fraction of sp³-hybridized carbons (Fsp3) is 1.00. The molecule has 82 valence electrons. The Hall–Kier alpha value is -0.150.